The van der Waals surface area contributed by atoms with E-state index < -0.39 is 29.7 Å². The molecule has 17 heavy (non-hydrogen) atoms. The smallest absolute Gasteiger partial charge is 0.387 e. The maximum absolute atomic E-state index is 13.6. The average Bonchev–Trinajstić information content (AvgIpc) is 2.30. The number of hydrogen-bond acceptors (Lipinski definition) is 4. The number of methoxy groups -OCH3 is 1. The zero-order valence-electron chi connectivity index (χ0n) is 8.54. The van der Waals surface area contributed by atoms with Crippen molar-refractivity contribution in [3.8, 4) is 11.8 Å². The summed E-state index contributed by atoms with van der Waals surface area (Å²) in [5.74, 6) is -3.31. The highest BCUT2D eigenvalue weighted by atomic mass is 19.3. The summed E-state index contributed by atoms with van der Waals surface area (Å²) in [6.45, 7) is -3.23. The van der Waals surface area contributed by atoms with Gasteiger partial charge in [-0.1, -0.05) is 0 Å². The summed E-state index contributed by atoms with van der Waals surface area (Å²) >= 11 is 0. The van der Waals surface area contributed by atoms with E-state index >= 15 is 0 Å². The quantitative estimate of drug-likeness (QED) is 0.765. The van der Waals surface area contributed by atoms with Gasteiger partial charge in [-0.05, 0) is 12.1 Å². The van der Waals surface area contributed by atoms with Crippen LogP contribution in [0, 0.1) is 17.1 Å². The SMILES string of the molecule is COC(=O)c1c(C#N)ccc(OC(F)F)c1F. The Morgan fingerprint density at radius 2 is 2.12 bits per heavy atom. The minimum absolute atomic E-state index is 0.323. The first-order valence-electron chi connectivity index (χ1n) is 4.27. The van der Waals surface area contributed by atoms with Crippen LogP contribution in [0.5, 0.6) is 5.75 Å². The van der Waals surface area contributed by atoms with Gasteiger partial charge in [-0.2, -0.15) is 14.0 Å². The Hall–Kier alpha value is -2.23. The average molecular weight is 245 g/mol. The summed E-state index contributed by atoms with van der Waals surface area (Å²) in [5, 5.41) is 8.65. The predicted octanol–water partition coefficient (Wildman–Crippen LogP) is 2.09. The zero-order chi connectivity index (χ0) is 13.0. The minimum atomic E-state index is -3.23. The topological polar surface area (TPSA) is 59.3 Å². The van der Waals surface area contributed by atoms with Crippen molar-refractivity contribution >= 4 is 5.97 Å². The number of halogens is 3. The van der Waals surface area contributed by atoms with Crippen LogP contribution in [-0.2, 0) is 4.74 Å². The number of hydrogen-bond donors (Lipinski definition) is 0. The molecule has 0 aliphatic rings. The molecule has 0 amide bonds. The third-order valence-corrected chi connectivity index (χ3v) is 1.83. The zero-order valence-corrected chi connectivity index (χ0v) is 8.54. The summed E-state index contributed by atoms with van der Waals surface area (Å²) in [5.41, 5.74) is -1.05. The normalized spacial score (nSPS) is 9.88. The number of benzene rings is 1. The summed E-state index contributed by atoms with van der Waals surface area (Å²) in [7, 11) is 0.976. The molecule has 0 bridgehead atoms. The highest BCUT2D eigenvalue weighted by molar-refractivity contribution is 5.93. The van der Waals surface area contributed by atoms with Gasteiger partial charge in [0.25, 0.3) is 0 Å². The van der Waals surface area contributed by atoms with Crippen molar-refractivity contribution in [3.63, 3.8) is 0 Å². The molecular weight excluding hydrogens is 239 g/mol. The molecule has 4 nitrogen and oxygen atoms in total. The Labute approximate surface area is 94.2 Å². The van der Waals surface area contributed by atoms with Gasteiger partial charge < -0.3 is 9.47 Å². The highest BCUT2D eigenvalue weighted by Crippen LogP contribution is 2.25. The lowest BCUT2D eigenvalue weighted by atomic mass is 10.1. The molecule has 0 heterocycles. The van der Waals surface area contributed by atoms with Crippen LogP contribution < -0.4 is 4.74 Å². The van der Waals surface area contributed by atoms with Crippen molar-refractivity contribution < 1.29 is 27.4 Å². The van der Waals surface area contributed by atoms with Crippen molar-refractivity contribution in [2.24, 2.45) is 0 Å². The van der Waals surface area contributed by atoms with Crippen LogP contribution in [0.3, 0.4) is 0 Å². The van der Waals surface area contributed by atoms with Crippen molar-refractivity contribution in [2.45, 2.75) is 6.61 Å². The van der Waals surface area contributed by atoms with E-state index in [1.807, 2.05) is 0 Å². The third kappa shape index (κ3) is 2.66. The summed E-state index contributed by atoms with van der Waals surface area (Å²) in [6, 6.07) is 3.38. The number of alkyl halides is 2. The largest absolute Gasteiger partial charge is 0.465 e. The molecule has 0 unspecified atom stereocenters. The van der Waals surface area contributed by atoms with Gasteiger partial charge in [-0.3, -0.25) is 0 Å². The molecular formula is C10H6F3NO3. The Bertz CT molecular complexity index is 482. The van der Waals surface area contributed by atoms with E-state index in [0.717, 1.165) is 19.2 Å². The Balaban J connectivity index is 3.33. The van der Waals surface area contributed by atoms with Crippen LogP contribution in [-0.4, -0.2) is 19.7 Å². The fourth-order valence-electron chi connectivity index (χ4n) is 1.14. The summed E-state index contributed by atoms with van der Waals surface area (Å²) in [6.07, 6.45) is 0. The van der Waals surface area contributed by atoms with E-state index in [9.17, 15) is 18.0 Å². The van der Waals surface area contributed by atoms with E-state index in [1.54, 1.807) is 6.07 Å². The van der Waals surface area contributed by atoms with Gasteiger partial charge in [0.15, 0.2) is 11.6 Å². The van der Waals surface area contributed by atoms with Crippen LogP contribution in [0.2, 0.25) is 0 Å². The van der Waals surface area contributed by atoms with Gasteiger partial charge in [-0.15, -0.1) is 0 Å². The molecule has 0 saturated heterocycles. The van der Waals surface area contributed by atoms with Crippen molar-refractivity contribution in [1.82, 2.24) is 0 Å². The number of carbonyl (C=O) groups is 1. The fourth-order valence-corrected chi connectivity index (χ4v) is 1.14. The Morgan fingerprint density at radius 1 is 1.47 bits per heavy atom. The number of rotatable bonds is 3. The van der Waals surface area contributed by atoms with Crippen LogP contribution in [0.1, 0.15) is 15.9 Å². The number of nitriles is 1. The van der Waals surface area contributed by atoms with Gasteiger partial charge in [0, 0.05) is 0 Å². The number of nitrogens with zero attached hydrogens (tertiary/aromatic N) is 1. The first-order chi connectivity index (χ1) is 8.01. The third-order valence-electron chi connectivity index (χ3n) is 1.83. The van der Waals surface area contributed by atoms with E-state index in [1.165, 1.54) is 0 Å². The maximum atomic E-state index is 13.6. The van der Waals surface area contributed by atoms with E-state index in [4.69, 9.17) is 5.26 Å². The lowest BCUT2D eigenvalue weighted by molar-refractivity contribution is -0.0523. The standard InChI is InChI=1S/C10H6F3NO3/c1-16-9(15)7-5(4-14)2-3-6(8(7)11)17-10(12)13/h2-3,10H,1H3. The molecule has 1 rings (SSSR count). The summed E-state index contributed by atoms with van der Waals surface area (Å²) < 4.78 is 45.6. The fraction of sp³-hybridized carbons (Fsp3) is 0.200. The minimum Gasteiger partial charge on any atom is -0.465 e. The predicted molar refractivity (Wildman–Crippen MR) is 49.1 cm³/mol. The monoisotopic (exact) mass is 245 g/mol. The molecule has 0 spiro atoms. The van der Waals surface area contributed by atoms with Crippen molar-refractivity contribution in [3.05, 3.63) is 29.1 Å². The van der Waals surface area contributed by atoms with E-state index in [0.29, 0.717) is 0 Å². The van der Waals surface area contributed by atoms with Gasteiger partial charge >= 0.3 is 12.6 Å². The van der Waals surface area contributed by atoms with Crippen LogP contribution >= 0.6 is 0 Å². The number of carbonyl (C=O) groups excluding carboxylic acids is 1. The Kier molecular flexibility index (Phi) is 3.93. The second-order valence-corrected chi connectivity index (χ2v) is 2.78. The number of esters is 1. The number of ether oxygens (including phenoxy) is 2. The lowest BCUT2D eigenvalue weighted by Gasteiger charge is -2.09. The van der Waals surface area contributed by atoms with Crippen molar-refractivity contribution in [2.75, 3.05) is 7.11 Å². The second-order valence-electron chi connectivity index (χ2n) is 2.78. The second kappa shape index (κ2) is 5.21. The lowest BCUT2D eigenvalue weighted by Crippen LogP contribution is -2.11. The molecule has 0 atom stereocenters. The molecule has 1 aromatic carbocycles. The van der Waals surface area contributed by atoms with E-state index in [-0.39, 0.29) is 5.56 Å². The maximum Gasteiger partial charge on any atom is 0.387 e. The molecule has 1 aromatic rings. The molecule has 0 aliphatic carbocycles. The molecule has 0 N–H and O–H groups in total. The van der Waals surface area contributed by atoms with Gasteiger partial charge in [0.05, 0.1) is 12.7 Å². The highest BCUT2D eigenvalue weighted by Gasteiger charge is 2.23. The molecule has 7 heteroatoms. The van der Waals surface area contributed by atoms with Crippen LogP contribution in [0.15, 0.2) is 12.1 Å². The van der Waals surface area contributed by atoms with Crippen LogP contribution in [0.4, 0.5) is 13.2 Å². The molecule has 0 aromatic heterocycles. The molecule has 0 radical (unpaired) electrons. The first-order valence-corrected chi connectivity index (χ1v) is 4.27. The Morgan fingerprint density at radius 3 is 2.59 bits per heavy atom. The first kappa shape index (κ1) is 12.8. The van der Waals surface area contributed by atoms with Crippen LogP contribution in [0.25, 0.3) is 0 Å². The van der Waals surface area contributed by atoms with E-state index in [2.05, 4.69) is 9.47 Å². The summed E-state index contributed by atoms with van der Waals surface area (Å²) in [4.78, 5) is 11.2. The molecule has 0 fully saturated rings. The molecule has 0 saturated carbocycles. The molecule has 0 aliphatic heterocycles. The van der Waals surface area contributed by atoms with Gasteiger partial charge in [0.2, 0.25) is 0 Å². The van der Waals surface area contributed by atoms with Crippen molar-refractivity contribution in [1.29, 1.82) is 5.26 Å². The molecule has 90 valence electrons. The van der Waals surface area contributed by atoms with Gasteiger partial charge in [-0.25, -0.2) is 9.18 Å². The van der Waals surface area contributed by atoms with Gasteiger partial charge in [0.1, 0.15) is 11.6 Å².